The number of benzene rings is 1. The van der Waals surface area contributed by atoms with Crippen LogP contribution in [0, 0.1) is 5.92 Å². The molecular formula is C17H24N2OS. The second-order valence-electron chi connectivity index (χ2n) is 5.61. The van der Waals surface area contributed by atoms with Crippen LogP contribution in [0.3, 0.4) is 0 Å². The Hall–Kier alpha value is -1.39. The zero-order valence-electron chi connectivity index (χ0n) is 13.0. The van der Waals surface area contributed by atoms with Crippen LogP contribution >= 0.6 is 11.3 Å². The van der Waals surface area contributed by atoms with Gasteiger partial charge in [0, 0.05) is 24.0 Å². The molecule has 2 rings (SSSR count). The maximum absolute atomic E-state index is 5.22. The Kier molecular flexibility index (Phi) is 6.21. The summed E-state index contributed by atoms with van der Waals surface area (Å²) in [6.07, 6.45) is 3.98. The topological polar surface area (TPSA) is 34.1 Å². The van der Waals surface area contributed by atoms with Crippen LogP contribution in [0.4, 0.5) is 0 Å². The van der Waals surface area contributed by atoms with Gasteiger partial charge in [-0.25, -0.2) is 4.98 Å². The molecule has 0 saturated carbocycles. The molecule has 114 valence electrons. The van der Waals surface area contributed by atoms with E-state index in [1.807, 2.05) is 18.3 Å². The van der Waals surface area contributed by atoms with Crippen LogP contribution in [0.5, 0.6) is 5.75 Å². The van der Waals surface area contributed by atoms with E-state index in [1.54, 1.807) is 18.4 Å². The van der Waals surface area contributed by atoms with Gasteiger partial charge in [0.15, 0.2) is 0 Å². The van der Waals surface area contributed by atoms with Crippen LogP contribution in [0.1, 0.15) is 24.4 Å². The van der Waals surface area contributed by atoms with Crippen LogP contribution in [-0.4, -0.2) is 24.7 Å². The summed E-state index contributed by atoms with van der Waals surface area (Å²) in [6.45, 7) is 5.39. The van der Waals surface area contributed by atoms with Gasteiger partial charge in [-0.15, -0.1) is 11.3 Å². The lowest BCUT2D eigenvalue weighted by Gasteiger charge is -2.18. The average molecular weight is 304 g/mol. The summed E-state index contributed by atoms with van der Waals surface area (Å²) in [4.78, 5) is 4.42. The second kappa shape index (κ2) is 8.15. The summed E-state index contributed by atoms with van der Waals surface area (Å²) in [7, 11) is 1.70. The minimum atomic E-state index is 0.514. The highest BCUT2D eigenvalue weighted by atomic mass is 32.1. The largest absolute Gasteiger partial charge is 0.497 e. The van der Waals surface area contributed by atoms with Gasteiger partial charge < -0.3 is 10.1 Å². The highest BCUT2D eigenvalue weighted by Gasteiger charge is 2.13. The number of aromatic nitrogens is 1. The highest BCUT2D eigenvalue weighted by molar-refractivity contribution is 7.09. The van der Waals surface area contributed by atoms with E-state index in [9.17, 15) is 0 Å². The van der Waals surface area contributed by atoms with Crippen molar-refractivity contribution in [3.63, 3.8) is 0 Å². The third-order valence-electron chi connectivity index (χ3n) is 3.44. The van der Waals surface area contributed by atoms with E-state index in [0.717, 1.165) is 25.1 Å². The maximum Gasteiger partial charge on any atom is 0.118 e. The first-order valence-corrected chi connectivity index (χ1v) is 8.30. The maximum atomic E-state index is 5.22. The Bertz CT molecular complexity index is 508. The van der Waals surface area contributed by atoms with E-state index in [0.29, 0.717) is 12.0 Å². The van der Waals surface area contributed by atoms with Gasteiger partial charge in [-0.05, 0) is 36.6 Å². The standard InChI is InChI=1S/C17H24N2OS/c1-13(2)19-12-15(11-17-18-8-9-21-17)10-14-4-6-16(20-3)7-5-14/h4-9,13,15,19H,10-12H2,1-3H3. The van der Waals surface area contributed by atoms with Crippen molar-refractivity contribution in [3.05, 3.63) is 46.4 Å². The molecule has 0 aliphatic heterocycles. The molecule has 21 heavy (non-hydrogen) atoms. The molecule has 0 aliphatic carbocycles. The fourth-order valence-electron chi connectivity index (χ4n) is 2.31. The van der Waals surface area contributed by atoms with Crippen molar-refractivity contribution in [2.75, 3.05) is 13.7 Å². The van der Waals surface area contributed by atoms with E-state index in [4.69, 9.17) is 4.74 Å². The van der Waals surface area contributed by atoms with Gasteiger partial charge >= 0.3 is 0 Å². The zero-order valence-corrected chi connectivity index (χ0v) is 13.8. The van der Waals surface area contributed by atoms with Crippen LogP contribution in [-0.2, 0) is 12.8 Å². The molecule has 1 aromatic carbocycles. The number of hydrogen-bond acceptors (Lipinski definition) is 4. The number of ether oxygens (including phenoxy) is 1. The second-order valence-corrected chi connectivity index (χ2v) is 6.59. The SMILES string of the molecule is COc1ccc(CC(CNC(C)C)Cc2nccs2)cc1. The molecule has 3 nitrogen and oxygen atoms in total. The summed E-state index contributed by atoms with van der Waals surface area (Å²) in [5.74, 6) is 1.47. The number of nitrogens with zero attached hydrogens (tertiary/aromatic N) is 1. The Balaban J connectivity index is 1.99. The quantitative estimate of drug-likeness (QED) is 0.810. The Morgan fingerprint density at radius 3 is 2.52 bits per heavy atom. The van der Waals surface area contributed by atoms with E-state index < -0.39 is 0 Å². The van der Waals surface area contributed by atoms with Crippen molar-refractivity contribution < 1.29 is 4.74 Å². The Labute approximate surface area is 131 Å². The van der Waals surface area contributed by atoms with Crippen molar-refractivity contribution in [1.29, 1.82) is 0 Å². The number of hydrogen-bond donors (Lipinski definition) is 1. The summed E-state index contributed by atoms with van der Waals surface area (Å²) in [5, 5.41) is 6.83. The summed E-state index contributed by atoms with van der Waals surface area (Å²) < 4.78 is 5.22. The monoisotopic (exact) mass is 304 g/mol. The molecule has 0 amide bonds. The van der Waals surface area contributed by atoms with Gasteiger partial charge in [-0.1, -0.05) is 26.0 Å². The minimum absolute atomic E-state index is 0.514. The highest BCUT2D eigenvalue weighted by Crippen LogP contribution is 2.18. The lowest BCUT2D eigenvalue weighted by Crippen LogP contribution is -2.31. The zero-order chi connectivity index (χ0) is 15.1. The van der Waals surface area contributed by atoms with Crippen molar-refractivity contribution in [2.24, 2.45) is 5.92 Å². The van der Waals surface area contributed by atoms with Crippen LogP contribution in [0.15, 0.2) is 35.8 Å². The predicted octanol–water partition coefficient (Wildman–Crippen LogP) is 3.55. The molecule has 0 spiro atoms. The molecule has 1 N–H and O–H groups in total. The number of methoxy groups -OCH3 is 1. The average Bonchev–Trinajstić information content (AvgIpc) is 2.98. The predicted molar refractivity (Wildman–Crippen MR) is 89.1 cm³/mol. The van der Waals surface area contributed by atoms with Crippen molar-refractivity contribution >= 4 is 11.3 Å². The fourth-order valence-corrected chi connectivity index (χ4v) is 3.05. The molecule has 1 heterocycles. The van der Waals surface area contributed by atoms with E-state index in [2.05, 4.69) is 41.7 Å². The molecule has 1 aromatic heterocycles. The molecule has 0 aliphatic rings. The van der Waals surface area contributed by atoms with Crippen LogP contribution in [0.25, 0.3) is 0 Å². The lowest BCUT2D eigenvalue weighted by molar-refractivity contribution is 0.414. The number of rotatable bonds is 8. The van der Waals surface area contributed by atoms with Crippen LogP contribution in [0.2, 0.25) is 0 Å². The molecule has 1 unspecified atom stereocenters. The molecule has 1 atom stereocenters. The van der Waals surface area contributed by atoms with Crippen molar-refractivity contribution in [3.8, 4) is 5.75 Å². The molecule has 0 fully saturated rings. The third-order valence-corrected chi connectivity index (χ3v) is 4.25. The van der Waals surface area contributed by atoms with Gasteiger partial charge in [-0.3, -0.25) is 0 Å². The lowest BCUT2D eigenvalue weighted by atomic mass is 9.96. The molecule has 0 radical (unpaired) electrons. The normalized spacial score (nSPS) is 12.6. The first-order chi connectivity index (χ1) is 10.2. The van der Waals surface area contributed by atoms with Gasteiger partial charge in [0.05, 0.1) is 12.1 Å². The summed E-state index contributed by atoms with van der Waals surface area (Å²) in [6, 6.07) is 8.89. The van der Waals surface area contributed by atoms with E-state index in [1.165, 1.54) is 10.6 Å². The molecule has 0 saturated heterocycles. The van der Waals surface area contributed by atoms with Gasteiger partial charge in [0.25, 0.3) is 0 Å². The molecule has 4 heteroatoms. The van der Waals surface area contributed by atoms with Crippen molar-refractivity contribution in [2.45, 2.75) is 32.7 Å². The molecular weight excluding hydrogens is 280 g/mol. The summed E-state index contributed by atoms with van der Waals surface area (Å²) >= 11 is 1.74. The Morgan fingerprint density at radius 1 is 1.19 bits per heavy atom. The summed E-state index contributed by atoms with van der Waals surface area (Å²) in [5.41, 5.74) is 1.35. The first-order valence-electron chi connectivity index (χ1n) is 7.42. The number of nitrogens with one attached hydrogen (secondary N) is 1. The fraction of sp³-hybridized carbons (Fsp3) is 0.471. The van der Waals surface area contributed by atoms with Gasteiger partial charge in [0.2, 0.25) is 0 Å². The molecule has 0 bridgehead atoms. The first kappa shape index (κ1) is 16.0. The van der Waals surface area contributed by atoms with Gasteiger partial charge in [-0.2, -0.15) is 0 Å². The number of thiazole rings is 1. The van der Waals surface area contributed by atoms with E-state index >= 15 is 0 Å². The molecule has 2 aromatic rings. The van der Waals surface area contributed by atoms with Gasteiger partial charge in [0.1, 0.15) is 5.75 Å². The van der Waals surface area contributed by atoms with Crippen molar-refractivity contribution in [1.82, 2.24) is 10.3 Å². The van der Waals surface area contributed by atoms with E-state index in [-0.39, 0.29) is 0 Å². The smallest absolute Gasteiger partial charge is 0.118 e. The van der Waals surface area contributed by atoms with Crippen LogP contribution < -0.4 is 10.1 Å². The Morgan fingerprint density at radius 2 is 1.95 bits per heavy atom. The third kappa shape index (κ3) is 5.48. The minimum Gasteiger partial charge on any atom is -0.497 e.